The van der Waals surface area contributed by atoms with Gasteiger partial charge in [-0.1, -0.05) is 23.7 Å². The van der Waals surface area contributed by atoms with Crippen molar-refractivity contribution in [1.82, 2.24) is 10.6 Å². The molecule has 0 heterocycles. The molecule has 0 saturated heterocycles. The number of hydrogen-bond acceptors (Lipinski definition) is 3. The highest BCUT2D eigenvalue weighted by atomic mass is 35.5. The van der Waals surface area contributed by atoms with Crippen molar-refractivity contribution in [3.05, 3.63) is 64.7 Å². The van der Waals surface area contributed by atoms with Gasteiger partial charge in [0.05, 0.1) is 6.42 Å². The van der Waals surface area contributed by atoms with Crippen LogP contribution >= 0.6 is 11.6 Å². The number of anilines is 1. The first-order chi connectivity index (χ1) is 13.0. The fraction of sp³-hybridized carbons (Fsp3) is 0.250. The summed E-state index contributed by atoms with van der Waals surface area (Å²) in [5, 5.41) is 8.70. The van der Waals surface area contributed by atoms with E-state index in [1.54, 1.807) is 55.6 Å². The number of likely N-dealkylation sites (N-methyl/N-ethyl adjacent to an activating group) is 1. The van der Waals surface area contributed by atoms with Crippen LogP contribution in [0.15, 0.2) is 48.5 Å². The third-order valence-corrected chi connectivity index (χ3v) is 4.11. The van der Waals surface area contributed by atoms with Crippen LogP contribution in [0.3, 0.4) is 0 Å². The first-order valence-electron chi connectivity index (χ1n) is 8.61. The molecule has 27 heavy (non-hydrogen) atoms. The molecule has 0 atom stereocenters. The summed E-state index contributed by atoms with van der Waals surface area (Å²) in [5.41, 5.74) is 2.07. The van der Waals surface area contributed by atoms with Crippen molar-refractivity contribution in [3.8, 4) is 0 Å². The Morgan fingerprint density at radius 2 is 1.59 bits per heavy atom. The van der Waals surface area contributed by atoms with Gasteiger partial charge in [0, 0.05) is 36.3 Å². The predicted octanol–water partition coefficient (Wildman–Crippen LogP) is 2.78. The lowest BCUT2D eigenvalue weighted by Gasteiger charge is -2.08. The summed E-state index contributed by atoms with van der Waals surface area (Å²) < 4.78 is 0. The van der Waals surface area contributed by atoms with Crippen LogP contribution < -0.4 is 16.0 Å². The van der Waals surface area contributed by atoms with Gasteiger partial charge >= 0.3 is 0 Å². The van der Waals surface area contributed by atoms with E-state index in [4.69, 9.17) is 11.6 Å². The number of carbonyl (C=O) groups excluding carboxylic acids is 3. The summed E-state index contributed by atoms with van der Waals surface area (Å²) in [6.45, 7) is 0.403. The number of benzene rings is 2. The van der Waals surface area contributed by atoms with Crippen molar-refractivity contribution in [1.29, 1.82) is 0 Å². The second-order valence-electron chi connectivity index (χ2n) is 5.96. The minimum Gasteiger partial charge on any atom is -0.359 e. The van der Waals surface area contributed by atoms with Crippen LogP contribution in [0.1, 0.15) is 28.8 Å². The van der Waals surface area contributed by atoms with Gasteiger partial charge in [-0.2, -0.15) is 0 Å². The second kappa shape index (κ2) is 10.3. The van der Waals surface area contributed by atoms with Gasteiger partial charge in [0.15, 0.2) is 0 Å². The standard InChI is InChI=1S/C20H22ClN3O3/c1-22-19(26)13-14-4-10-17(11-5-14)24-18(25)3-2-12-23-20(27)15-6-8-16(21)9-7-15/h4-11H,2-3,12-13H2,1H3,(H,22,26)(H,23,27)(H,24,25). The maximum absolute atomic E-state index is 12.0. The molecule has 3 N–H and O–H groups in total. The highest BCUT2D eigenvalue weighted by Crippen LogP contribution is 2.11. The Balaban J connectivity index is 1.69. The average Bonchev–Trinajstić information content (AvgIpc) is 2.67. The van der Waals surface area contributed by atoms with Gasteiger partial charge in [0.25, 0.3) is 5.91 Å². The van der Waals surface area contributed by atoms with Crippen LogP contribution in [0.25, 0.3) is 0 Å². The van der Waals surface area contributed by atoms with Gasteiger partial charge in [-0.3, -0.25) is 14.4 Å². The molecule has 6 nitrogen and oxygen atoms in total. The third-order valence-electron chi connectivity index (χ3n) is 3.85. The molecule has 0 spiro atoms. The van der Waals surface area contributed by atoms with Crippen LogP contribution in [0.4, 0.5) is 5.69 Å². The van der Waals surface area contributed by atoms with E-state index in [2.05, 4.69) is 16.0 Å². The molecular formula is C20H22ClN3O3. The van der Waals surface area contributed by atoms with Crippen molar-refractivity contribution in [2.75, 3.05) is 18.9 Å². The van der Waals surface area contributed by atoms with Crippen molar-refractivity contribution in [2.24, 2.45) is 0 Å². The fourth-order valence-corrected chi connectivity index (χ4v) is 2.48. The molecule has 0 radical (unpaired) electrons. The Morgan fingerprint density at radius 3 is 2.22 bits per heavy atom. The Hall–Kier alpha value is -2.86. The molecule has 0 aromatic heterocycles. The molecular weight excluding hydrogens is 366 g/mol. The topological polar surface area (TPSA) is 87.3 Å². The highest BCUT2D eigenvalue weighted by molar-refractivity contribution is 6.30. The molecule has 0 aliphatic heterocycles. The molecule has 2 rings (SSSR count). The Morgan fingerprint density at radius 1 is 0.926 bits per heavy atom. The number of rotatable bonds is 8. The quantitative estimate of drug-likeness (QED) is 0.608. The van der Waals surface area contributed by atoms with Crippen molar-refractivity contribution in [3.63, 3.8) is 0 Å². The molecule has 2 aromatic rings. The summed E-state index contributed by atoms with van der Waals surface area (Å²) in [5.74, 6) is -0.388. The average molecular weight is 388 g/mol. The normalized spacial score (nSPS) is 10.1. The van der Waals surface area contributed by atoms with E-state index in [0.717, 1.165) is 5.56 Å². The van der Waals surface area contributed by atoms with E-state index in [1.165, 1.54) is 0 Å². The van der Waals surface area contributed by atoms with Crippen molar-refractivity contribution >= 4 is 35.0 Å². The molecule has 142 valence electrons. The largest absolute Gasteiger partial charge is 0.359 e. The molecule has 0 bridgehead atoms. The summed E-state index contributed by atoms with van der Waals surface area (Å²) in [7, 11) is 1.59. The Kier molecular flexibility index (Phi) is 7.82. The zero-order valence-corrected chi connectivity index (χ0v) is 15.8. The van der Waals surface area contributed by atoms with E-state index in [-0.39, 0.29) is 17.7 Å². The maximum atomic E-state index is 12.0. The van der Waals surface area contributed by atoms with Crippen LogP contribution in [0.5, 0.6) is 0 Å². The third kappa shape index (κ3) is 7.11. The lowest BCUT2D eigenvalue weighted by molar-refractivity contribution is -0.120. The molecule has 2 aromatic carbocycles. The molecule has 7 heteroatoms. The summed E-state index contributed by atoms with van der Waals surface area (Å²) >= 11 is 5.79. The predicted molar refractivity (Wildman–Crippen MR) is 106 cm³/mol. The molecule has 3 amide bonds. The fourth-order valence-electron chi connectivity index (χ4n) is 2.36. The minimum atomic E-state index is -0.196. The van der Waals surface area contributed by atoms with Gasteiger partial charge in [-0.15, -0.1) is 0 Å². The molecule has 0 aliphatic carbocycles. The Labute approximate surface area is 163 Å². The first kappa shape index (κ1) is 20.5. The zero-order valence-electron chi connectivity index (χ0n) is 15.0. The smallest absolute Gasteiger partial charge is 0.251 e. The van der Waals surface area contributed by atoms with E-state index in [9.17, 15) is 14.4 Å². The molecule has 0 unspecified atom stereocenters. The number of halogens is 1. The van der Waals surface area contributed by atoms with E-state index >= 15 is 0 Å². The zero-order chi connectivity index (χ0) is 19.6. The van der Waals surface area contributed by atoms with Crippen molar-refractivity contribution < 1.29 is 14.4 Å². The Bertz CT molecular complexity index is 789. The number of nitrogens with one attached hydrogen (secondary N) is 3. The van der Waals surface area contributed by atoms with Gasteiger partial charge in [-0.25, -0.2) is 0 Å². The number of carbonyl (C=O) groups is 3. The van der Waals surface area contributed by atoms with Gasteiger partial charge in [0.1, 0.15) is 0 Å². The van der Waals surface area contributed by atoms with Crippen LogP contribution in [-0.4, -0.2) is 31.3 Å². The molecule has 0 aliphatic rings. The minimum absolute atomic E-state index is 0.0626. The van der Waals surface area contributed by atoms with Crippen molar-refractivity contribution in [2.45, 2.75) is 19.3 Å². The van der Waals surface area contributed by atoms with Gasteiger partial charge in [0.2, 0.25) is 11.8 Å². The summed E-state index contributed by atoms with van der Waals surface area (Å²) in [6, 6.07) is 13.7. The van der Waals surface area contributed by atoms with E-state index in [0.29, 0.717) is 42.1 Å². The van der Waals surface area contributed by atoms with Gasteiger partial charge in [-0.05, 0) is 48.4 Å². The summed E-state index contributed by atoms with van der Waals surface area (Å²) in [4.78, 5) is 35.2. The molecule has 0 saturated carbocycles. The number of amides is 3. The SMILES string of the molecule is CNC(=O)Cc1ccc(NC(=O)CCCNC(=O)c2ccc(Cl)cc2)cc1. The summed E-state index contributed by atoms with van der Waals surface area (Å²) in [6.07, 6.45) is 1.12. The highest BCUT2D eigenvalue weighted by Gasteiger charge is 2.07. The molecule has 0 fully saturated rings. The van der Waals surface area contributed by atoms with Crippen LogP contribution in [-0.2, 0) is 16.0 Å². The lowest BCUT2D eigenvalue weighted by Crippen LogP contribution is -2.25. The maximum Gasteiger partial charge on any atom is 0.251 e. The second-order valence-corrected chi connectivity index (χ2v) is 6.40. The van der Waals surface area contributed by atoms with Gasteiger partial charge < -0.3 is 16.0 Å². The van der Waals surface area contributed by atoms with Crippen LogP contribution in [0.2, 0.25) is 5.02 Å². The first-order valence-corrected chi connectivity index (χ1v) is 8.99. The van der Waals surface area contributed by atoms with E-state index in [1.807, 2.05) is 0 Å². The van der Waals surface area contributed by atoms with Crippen LogP contribution in [0, 0.1) is 0 Å². The van der Waals surface area contributed by atoms with E-state index < -0.39 is 0 Å². The number of hydrogen-bond donors (Lipinski definition) is 3. The lowest BCUT2D eigenvalue weighted by atomic mass is 10.1. The monoisotopic (exact) mass is 387 g/mol.